The van der Waals surface area contributed by atoms with Crippen LogP contribution < -0.4 is 10.1 Å². The van der Waals surface area contributed by atoms with Gasteiger partial charge >= 0.3 is 0 Å². The number of methoxy groups -OCH3 is 1. The molecule has 2 rings (SSSR count). The summed E-state index contributed by atoms with van der Waals surface area (Å²) in [6, 6.07) is 14.9. The molecular formula is C17H20FNO. The van der Waals surface area contributed by atoms with Crippen molar-refractivity contribution in [2.45, 2.75) is 19.4 Å². The van der Waals surface area contributed by atoms with Crippen LogP contribution in [-0.4, -0.2) is 13.7 Å². The third-order valence-electron chi connectivity index (χ3n) is 3.39. The molecule has 1 N–H and O–H groups in total. The van der Waals surface area contributed by atoms with E-state index in [-0.39, 0.29) is 11.9 Å². The minimum Gasteiger partial charge on any atom is -0.497 e. The molecule has 0 bridgehead atoms. The van der Waals surface area contributed by atoms with E-state index in [9.17, 15) is 4.39 Å². The largest absolute Gasteiger partial charge is 0.497 e. The molecule has 0 aliphatic carbocycles. The topological polar surface area (TPSA) is 21.3 Å². The number of hydrogen-bond acceptors (Lipinski definition) is 2. The molecule has 0 aromatic heterocycles. The Labute approximate surface area is 119 Å². The highest BCUT2D eigenvalue weighted by molar-refractivity contribution is 5.27. The van der Waals surface area contributed by atoms with Crippen molar-refractivity contribution in [1.82, 2.24) is 5.32 Å². The normalized spacial score (nSPS) is 12.2. The molecule has 0 fully saturated rings. The Balaban J connectivity index is 1.81. The second kappa shape index (κ2) is 7.06. The Morgan fingerprint density at radius 1 is 1.05 bits per heavy atom. The monoisotopic (exact) mass is 273 g/mol. The molecule has 0 heterocycles. The van der Waals surface area contributed by atoms with Gasteiger partial charge in [-0.15, -0.1) is 0 Å². The minimum absolute atomic E-state index is 0.195. The lowest BCUT2D eigenvalue weighted by atomic mass is 10.1. The first-order valence-corrected chi connectivity index (χ1v) is 6.81. The minimum atomic E-state index is -0.195. The molecule has 0 saturated carbocycles. The number of ether oxygens (including phenoxy) is 1. The molecule has 0 aliphatic heterocycles. The predicted molar refractivity (Wildman–Crippen MR) is 79.5 cm³/mol. The van der Waals surface area contributed by atoms with Crippen molar-refractivity contribution in [3.63, 3.8) is 0 Å². The van der Waals surface area contributed by atoms with Crippen molar-refractivity contribution in [2.24, 2.45) is 0 Å². The molecule has 106 valence electrons. The zero-order valence-electron chi connectivity index (χ0n) is 11.9. The molecule has 0 aliphatic rings. The van der Waals surface area contributed by atoms with Crippen LogP contribution in [-0.2, 0) is 6.42 Å². The summed E-state index contributed by atoms with van der Waals surface area (Å²) in [6.45, 7) is 2.96. The second-order valence-electron chi connectivity index (χ2n) is 4.83. The SMILES string of the molecule is COc1ccc(CCNC(C)c2ccc(F)cc2)cc1. The Hall–Kier alpha value is -1.87. The molecule has 1 unspecified atom stereocenters. The number of halogens is 1. The van der Waals surface area contributed by atoms with Gasteiger partial charge in [-0.1, -0.05) is 24.3 Å². The molecular weight excluding hydrogens is 253 g/mol. The van der Waals surface area contributed by atoms with Gasteiger partial charge in [0.25, 0.3) is 0 Å². The fraction of sp³-hybridized carbons (Fsp3) is 0.294. The Kier molecular flexibility index (Phi) is 5.13. The highest BCUT2D eigenvalue weighted by Gasteiger charge is 2.04. The fourth-order valence-electron chi connectivity index (χ4n) is 2.09. The molecule has 1 atom stereocenters. The highest BCUT2D eigenvalue weighted by Crippen LogP contribution is 2.14. The van der Waals surface area contributed by atoms with Gasteiger partial charge in [-0.2, -0.15) is 0 Å². The van der Waals surface area contributed by atoms with Crippen molar-refractivity contribution >= 4 is 0 Å². The summed E-state index contributed by atoms with van der Waals surface area (Å²) in [5.41, 5.74) is 2.37. The van der Waals surface area contributed by atoms with Crippen LogP contribution >= 0.6 is 0 Å². The van der Waals surface area contributed by atoms with Crippen LogP contribution in [0.5, 0.6) is 5.75 Å². The van der Waals surface area contributed by atoms with Crippen molar-refractivity contribution in [3.05, 3.63) is 65.5 Å². The van der Waals surface area contributed by atoms with Gasteiger partial charge in [0.1, 0.15) is 11.6 Å². The third kappa shape index (κ3) is 4.07. The van der Waals surface area contributed by atoms with Gasteiger partial charge in [-0.3, -0.25) is 0 Å². The van der Waals surface area contributed by atoms with Crippen molar-refractivity contribution in [2.75, 3.05) is 13.7 Å². The molecule has 20 heavy (non-hydrogen) atoms. The lowest BCUT2D eigenvalue weighted by Gasteiger charge is -2.14. The van der Waals surface area contributed by atoms with Crippen molar-refractivity contribution in [3.8, 4) is 5.75 Å². The van der Waals surface area contributed by atoms with Gasteiger partial charge in [0.2, 0.25) is 0 Å². The summed E-state index contributed by atoms with van der Waals surface area (Å²) in [5, 5.41) is 3.44. The Morgan fingerprint density at radius 2 is 1.70 bits per heavy atom. The summed E-state index contributed by atoms with van der Waals surface area (Å²) in [6.07, 6.45) is 0.954. The molecule has 2 aromatic rings. The van der Waals surface area contributed by atoms with E-state index >= 15 is 0 Å². The summed E-state index contributed by atoms with van der Waals surface area (Å²) < 4.78 is 18.0. The maximum atomic E-state index is 12.9. The highest BCUT2D eigenvalue weighted by atomic mass is 19.1. The van der Waals surface area contributed by atoms with Gasteiger partial charge in [0.15, 0.2) is 0 Å². The maximum Gasteiger partial charge on any atom is 0.123 e. The molecule has 2 aromatic carbocycles. The van der Waals surface area contributed by atoms with Crippen LogP contribution in [0.25, 0.3) is 0 Å². The van der Waals surface area contributed by atoms with Gasteiger partial charge < -0.3 is 10.1 Å². The van der Waals surface area contributed by atoms with E-state index in [4.69, 9.17) is 4.74 Å². The Bertz CT molecular complexity index is 522. The van der Waals surface area contributed by atoms with E-state index in [1.807, 2.05) is 24.3 Å². The van der Waals surface area contributed by atoms with Crippen LogP contribution in [0.4, 0.5) is 4.39 Å². The molecule has 0 radical (unpaired) electrons. The second-order valence-corrected chi connectivity index (χ2v) is 4.83. The van der Waals surface area contributed by atoms with E-state index in [1.165, 1.54) is 17.7 Å². The average molecular weight is 273 g/mol. The fourth-order valence-corrected chi connectivity index (χ4v) is 2.09. The van der Waals surface area contributed by atoms with E-state index in [1.54, 1.807) is 7.11 Å². The van der Waals surface area contributed by atoms with E-state index in [2.05, 4.69) is 24.4 Å². The number of benzene rings is 2. The van der Waals surface area contributed by atoms with Crippen LogP contribution in [0.2, 0.25) is 0 Å². The number of rotatable bonds is 6. The quantitative estimate of drug-likeness (QED) is 0.866. The van der Waals surface area contributed by atoms with Gasteiger partial charge in [0.05, 0.1) is 7.11 Å². The van der Waals surface area contributed by atoms with Crippen molar-refractivity contribution in [1.29, 1.82) is 0 Å². The summed E-state index contributed by atoms with van der Waals surface area (Å²) in [4.78, 5) is 0. The van der Waals surface area contributed by atoms with Gasteiger partial charge in [-0.25, -0.2) is 4.39 Å². The molecule has 3 heteroatoms. The molecule has 0 amide bonds. The van der Waals surface area contributed by atoms with Crippen LogP contribution in [0.3, 0.4) is 0 Å². The smallest absolute Gasteiger partial charge is 0.123 e. The van der Waals surface area contributed by atoms with E-state index < -0.39 is 0 Å². The summed E-state index contributed by atoms with van der Waals surface area (Å²) >= 11 is 0. The number of nitrogens with one attached hydrogen (secondary N) is 1. The molecule has 0 spiro atoms. The maximum absolute atomic E-state index is 12.9. The zero-order valence-corrected chi connectivity index (χ0v) is 11.9. The third-order valence-corrected chi connectivity index (χ3v) is 3.39. The lowest BCUT2D eigenvalue weighted by Crippen LogP contribution is -2.21. The number of hydrogen-bond donors (Lipinski definition) is 1. The lowest BCUT2D eigenvalue weighted by molar-refractivity contribution is 0.414. The first-order chi connectivity index (χ1) is 9.69. The Morgan fingerprint density at radius 3 is 2.30 bits per heavy atom. The summed E-state index contributed by atoms with van der Waals surface area (Å²) in [5.74, 6) is 0.681. The average Bonchev–Trinajstić information content (AvgIpc) is 2.48. The van der Waals surface area contributed by atoms with Crippen LogP contribution in [0, 0.1) is 5.82 Å². The summed E-state index contributed by atoms with van der Waals surface area (Å²) in [7, 11) is 1.67. The first-order valence-electron chi connectivity index (χ1n) is 6.81. The van der Waals surface area contributed by atoms with E-state index in [0.29, 0.717) is 0 Å². The van der Waals surface area contributed by atoms with Gasteiger partial charge in [0, 0.05) is 6.04 Å². The standard InChI is InChI=1S/C17H20FNO/c1-13(15-5-7-16(18)8-6-15)19-12-11-14-3-9-17(20-2)10-4-14/h3-10,13,19H,11-12H2,1-2H3. The van der Waals surface area contributed by atoms with Crippen LogP contribution in [0.15, 0.2) is 48.5 Å². The first kappa shape index (κ1) is 14.5. The van der Waals surface area contributed by atoms with Crippen molar-refractivity contribution < 1.29 is 9.13 Å². The zero-order chi connectivity index (χ0) is 14.4. The van der Waals surface area contributed by atoms with E-state index in [0.717, 1.165) is 24.3 Å². The molecule has 2 nitrogen and oxygen atoms in total. The molecule has 0 saturated heterocycles. The van der Waals surface area contributed by atoms with Crippen LogP contribution in [0.1, 0.15) is 24.1 Å². The van der Waals surface area contributed by atoms with Gasteiger partial charge in [-0.05, 0) is 55.3 Å². The predicted octanol–water partition coefficient (Wildman–Crippen LogP) is 3.73.